The highest BCUT2D eigenvalue weighted by Gasteiger charge is 2.08. The number of hydrogen-bond donors (Lipinski definition) is 4. The Morgan fingerprint density at radius 2 is 2.00 bits per heavy atom. The lowest BCUT2D eigenvalue weighted by molar-refractivity contribution is 0.276. The van der Waals surface area contributed by atoms with Crippen molar-refractivity contribution in [3.63, 3.8) is 0 Å². The molecule has 3 aromatic heterocycles. The highest BCUT2D eigenvalue weighted by Crippen LogP contribution is 2.23. The zero-order valence-electron chi connectivity index (χ0n) is 18.2. The van der Waals surface area contributed by atoms with Gasteiger partial charge in [-0.2, -0.15) is 5.10 Å². The van der Waals surface area contributed by atoms with Crippen molar-refractivity contribution in [2.45, 2.75) is 26.4 Å². The van der Waals surface area contributed by atoms with Gasteiger partial charge in [0.1, 0.15) is 17.5 Å². The van der Waals surface area contributed by atoms with E-state index in [-0.39, 0.29) is 12.3 Å². The number of hydrogen-bond acceptors (Lipinski definition) is 7. The van der Waals surface area contributed by atoms with Crippen molar-refractivity contribution in [1.29, 1.82) is 0 Å². The number of pyridine rings is 2. The predicted octanol–water partition coefficient (Wildman–Crippen LogP) is 3.78. The molecule has 5 N–H and O–H groups in total. The van der Waals surface area contributed by atoms with E-state index in [1.165, 1.54) is 23.6 Å². The van der Waals surface area contributed by atoms with E-state index in [0.717, 1.165) is 11.9 Å². The average Bonchev–Trinajstić information content (AvgIpc) is 3.28. The first kappa shape index (κ1) is 23.1. The van der Waals surface area contributed by atoms with Crippen molar-refractivity contribution in [3.8, 4) is 5.69 Å². The molecule has 0 aliphatic heterocycles. The zero-order chi connectivity index (χ0) is 22.9. The summed E-state index contributed by atoms with van der Waals surface area (Å²) in [5.74, 6) is 0.418. The number of nitrogen functional groups attached to an aromatic ring is 1. The molecule has 0 amide bonds. The van der Waals surface area contributed by atoms with Gasteiger partial charge in [-0.15, -0.1) is 0 Å². The molecule has 0 spiro atoms. The second-order valence-electron chi connectivity index (χ2n) is 7.15. The second kappa shape index (κ2) is 11.2. The molecule has 4 aromatic rings. The van der Waals surface area contributed by atoms with E-state index in [0.29, 0.717) is 28.5 Å². The smallest absolute Gasteiger partial charge is 0.148 e. The van der Waals surface area contributed by atoms with Crippen LogP contribution >= 0.6 is 0 Å². The molecule has 4 rings (SSSR count). The van der Waals surface area contributed by atoms with Crippen LogP contribution in [0.25, 0.3) is 16.6 Å². The molecule has 0 atom stereocenters. The van der Waals surface area contributed by atoms with Crippen molar-refractivity contribution < 1.29 is 9.50 Å². The number of benzene rings is 1. The minimum absolute atomic E-state index is 0.165. The van der Waals surface area contributed by atoms with E-state index < -0.39 is 5.82 Å². The summed E-state index contributed by atoms with van der Waals surface area (Å²) in [6.45, 7) is 3.19. The van der Waals surface area contributed by atoms with Crippen LogP contribution in [0.4, 0.5) is 21.7 Å². The maximum absolute atomic E-state index is 14.5. The largest absolute Gasteiger partial charge is 0.390 e. The van der Waals surface area contributed by atoms with Crippen LogP contribution in [-0.4, -0.2) is 38.4 Å². The van der Waals surface area contributed by atoms with E-state index in [1.807, 2.05) is 13.1 Å². The minimum Gasteiger partial charge on any atom is -0.390 e. The lowest BCUT2D eigenvalue weighted by Crippen LogP contribution is -2.06. The van der Waals surface area contributed by atoms with E-state index in [1.54, 1.807) is 42.7 Å². The number of unbranched alkanes of at least 4 members (excludes halogenated alkanes) is 1. The average molecular weight is 438 g/mol. The molecule has 3 heterocycles. The SMILES string of the molecule is CCCCNC.Nc1ccc2cnc(Nc3ccc(-n4ccc(CO)n4)cc3F)cc2n1. The number of anilines is 3. The van der Waals surface area contributed by atoms with Crippen LogP contribution < -0.4 is 16.4 Å². The van der Waals surface area contributed by atoms with Crippen LogP contribution in [0.15, 0.2) is 54.9 Å². The van der Waals surface area contributed by atoms with Crippen molar-refractivity contribution >= 4 is 28.2 Å². The zero-order valence-corrected chi connectivity index (χ0v) is 18.2. The van der Waals surface area contributed by atoms with Gasteiger partial charge in [0.2, 0.25) is 0 Å². The van der Waals surface area contributed by atoms with Gasteiger partial charge in [-0.1, -0.05) is 13.3 Å². The Kier molecular flexibility index (Phi) is 8.07. The molecular formula is C23H28FN7O. The van der Waals surface area contributed by atoms with Crippen molar-refractivity contribution in [2.75, 3.05) is 24.6 Å². The summed E-state index contributed by atoms with van der Waals surface area (Å²) >= 11 is 0. The summed E-state index contributed by atoms with van der Waals surface area (Å²) in [6.07, 6.45) is 5.91. The summed E-state index contributed by atoms with van der Waals surface area (Å²) in [5.41, 5.74) is 7.71. The van der Waals surface area contributed by atoms with E-state index in [2.05, 4.69) is 32.6 Å². The molecule has 0 saturated carbocycles. The number of aromatic nitrogens is 4. The van der Waals surface area contributed by atoms with Crippen LogP contribution in [-0.2, 0) is 6.61 Å². The predicted molar refractivity (Wildman–Crippen MR) is 126 cm³/mol. The number of nitrogens with one attached hydrogen (secondary N) is 2. The molecule has 0 unspecified atom stereocenters. The van der Waals surface area contributed by atoms with Gasteiger partial charge in [-0.05, 0) is 50.3 Å². The standard InChI is InChI=1S/C18H15FN6O.C5H13N/c19-14-7-13(25-6-5-12(10-26)24-25)2-3-15(14)23-18-8-16-11(9-21-18)1-4-17(20)22-16;1-3-4-5-6-2/h1-9,26H,10H2,(H2,20,22)(H,21,23);6H,3-5H2,1-2H3. The molecule has 0 radical (unpaired) electrons. The Bertz CT molecular complexity index is 1160. The molecule has 0 bridgehead atoms. The van der Waals surface area contributed by atoms with Gasteiger partial charge in [0.25, 0.3) is 0 Å². The number of nitrogens with zero attached hydrogens (tertiary/aromatic N) is 4. The third-order valence-corrected chi connectivity index (χ3v) is 4.66. The Labute approximate surface area is 186 Å². The monoisotopic (exact) mass is 437 g/mol. The van der Waals surface area contributed by atoms with Crippen LogP contribution in [0.3, 0.4) is 0 Å². The number of rotatable bonds is 7. The first-order valence-electron chi connectivity index (χ1n) is 10.4. The summed E-state index contributed by atoms with van der Waals surface area (Å²) in [4.78, 5) is 8.50. The first-order valence-corrected chi connectivity index (χ1v) is 10.4. The topological polar surface area (TPSA) is 114 Å². The third kappa shape index (κ3) is 5.99. The molecule has 0 aliphatic carbocycles. The highest BCUT2D eigenvalue weighted by molar-refractivity contribution is 5.82. The number of aliphatic hydroxyl groups excluding tert-OH is 1. The molecule has 0 saturated heterocycles. The van der Waals surface area contributed by atoms with E-state index >= 15 is 0 Å². The van der Waals surface area contributed by atoms with Gasteiger partial charge in [0.05, 0.1) is 29.2 Å². The van der Waals surface area contributed by atoms with Crippen molar-refractivity contribution in [2.24, 2.45) is 0 Å². The fourth-order valence-electron chi connectivity index (χ4n) is 2.93. The van der Waals surface area contributed by atoms with Crippen molar-refractivity contribution in [1.82, 2.24) is 25.1 Å². The Balaban J connectivity index is 0.000000427. The molecule has 9 heteroatoms. The van der Waals surface area contributed by atoms with Gasteiger partial charge in [-0.25, -0.2) is 19.0 Å². The Hall–Kier alpha value is -3.56. The summed E-state index contributed by atoms with van der Waals surface area (Å²) in [5, 5.41) is 20.1. The number of aliphatic hydroxyl groups is 1. The molecule has 0 fully saturated rings. The lowest BCUT2D eigenvalue weighted by atomic mass is 10.2. The minimum atomic E-state index is -0.453. The quantitative estimate of drug-likeness (QED) is 0.325. The fraction of sp³-hybridized carbons (Fsp3) is 0.261. The molecule has 8 nitrogen and oxygen atoms in total. The summed E-state index contributed by atoms with van der Waals surface area (Å²) in [7, 11) is 1.98. The van der Waals surface area contributed by atoms with Gasteiger partial charge in [-0.3, -0.25) is 0 Å². The van der Waals surface area contributed by atoms with Crippen LogP contribution in [0.1, 0.15) is 25.5 Å². The van der Waals surface area contributed by atoms with Crippen molar-refractivity contribution in [3.05, 3.63) is 66.4 Å². The van der Waals surface area contributed by atoms with Gasteiger partial charge in [0.15, 0.2) is 0 Å². The molecule has 168 valence electrons. The first-order chi connectivity index (χ1) is 15.5. The van der Waals surface area contributed by atoms with Gasteiger partial charge >= 0.3 is 0 Å². The van der Waals surface area contributed by atoms with E-state index in [4.69, 9.17) is 10.8 Å². The van der Waals surface area contributed by atoms with Gasteiger partial charge < -0.3 is 21.5 Å². The summed E-state index contributed by atoms with van der Waals surface area (Å²) in [6, 6.07) is 11.6. The maximum Gasteiger partial charge on any atom is 0.148 e. The molecule has 32 heavy (non-hydrogen) atoms. The molecule has 1 aromatic carbocycles. The highest BCUT2D eigenvalue weighted by atomic mass is 19.1. The Morgan fingerprint density at radius 3 is 2.66 bits per heavy atom. The Morgan fingerprint density at radius 1 is 1.16 bits per heavy atom. The lowest BCUT2D eigenvalue weighted by Gasteiger charge is -2.09. The fourth-order valence-corrected chi connectivity index (χ4v) is 2.93. The second-order valence-corrected chi connectivity index (χ2v) is 7.15. The number of fused-ring (bicyclic) bond motifs is 1. The molecule has 0 aliphatic rings. The third-order valence-electron chi connectivity index (χ3n) is 4.66. The molecular weight excluding hydrogens is 409 g/mol. The number of nitrogens with two attached hydrogens (primary N) is 1. The number of halogens is 1. The van der Waals surface area contributed by atoms with Gasteiger partial charge in [0, 0.05) is 29.9 Å². The maximum atomic E-state index is 14.5. The summed E-state index contributed by atoms with van der Waals surface area (Å²) < 4.78 is 16.0. The normalized spacial score (nSPS) is 10.6. The van der Waals surface area contributed by atoms with E-state index in [9.17, 15) is 4.39 Å². The van der Waals surface area contributed by atoms with Crippen LogP contribution in [0.2, 0.25) is 0 Å². The van der Waals surface area contributed by atoms with Crippen LogP contribution in [0, 0.1) is 5.82 Å². The van der Waals surface area contributed by atoms with Crippen LogP contribution in [0.5, 0.6) is 0 Å².